The molecule has 0 fully saturated rings. The average Bonchev–Trinajstić information content (AvgIpc) is 2.76. The van der Waals surface area contributed by atoms with E-state index in [1.807, 2.05) is 13.8 Å². The fraction of sp³-hybridized carbons (Fsp3) is 0.818. The Morgan fingerprint density at radius 3 is 2.62 bits per heavy atom. The molecule has 0 saturated carbocycles. The Hall–Kier alpha value is -0.940. The Morgan fingerprint density at radius 2 is 2.06 bits per heavy atom. The van der Waals surface area contributed by atoms with Crippen LogP contribution in [-0.4, -0.2) is 16.7 Å². The minimum Gasteiger partial charge on any atom is -0.371 e. The van der Waals surface area contributed by atoms with Crippen molar-refractivity contribution in [3.63, 3.8) is 0 Å². The van der Waals surface area contributed by atoms with Gasteiger partial charge in [0.05, 0.1) is 6.04 Å². The third kappa shape index (κ3) is 3.02. The van der Waals surface area contributed by atoms with Gasteiger partial charge in [0.15, 0.2) is 5.82 Å². The molecule has 0 aromatic carbocycles. The molecule has 5 nitrogen and oxygen atoms in total. The lowest BCUT2D eigenvalue weighted by atomic mass is 10.0. The van der Waals surface area contributed by atoms with Crippen LogP contribution in [0.25, 0.3) is 0 Å². The van der Waals surface area contributed by atoms with Gasteiger partial charge in [-0.2, -0.15) is 4.98 Å². The van der Waals surface area contributed by atoms with Crippen molar-refractivity contribution < 1.29 is 9.26 Å². The zero-order valence-corrected chi connectivity index (χ0v) is 10.4. The second kappa shape index (κ2) is 5.96. The van der Waals surface area contributed by atoms with Gasteiger partial charge in [0, 0.05) is 6.61 Å². The second-order valence-electron chi connectivity index (χ2n) is 4.00. The van der Waals surface area contributed by atoms with Crippen LogP contribution in [-0.2, 0) is 4.74 Å². The van der Waals surface area contributed by atoms with Gasteiger partial charge in [0.25, 0.3) is 0 Å². The summed E-state index contributed by atoms with van der Waals surface area (Å²) >= 11 is 0. The van der Waals surface area contributed by atoms with Gasteiger partial charge in [-0.05, 0) is 19.8 Å². The maximum Gasteiger partial charge on any atom is 0.243 e. The molecule has 0 amide bonds. The Balaban J connectivity index is 2.70. The Labute approximate surface area is 96.4 Å². The van der Waals surface area contributed by atoms with E-state index in [4.69, 9.17) is 15.0 Å². The van der Waals surface area contributed by atoms with Gasteiger partial charge in [-0.3, -0.25) is 0 Å². The molecular formula is C11H21N3O2. The van der Waals surface area contributed by atoms with Crippen molar-refractivity contribution >= 4 is 0 Å². The average molecular weight is 227 g/mol. The lowest BCUT2D eigenvalue weighted by Gasteiger charge is -2.13. The normalized spacial score (nSPS) is 17.1. The third-order valence-electron chi connectivity index (χ3n) is 2.78. The van der Waals surface area contributed by atoms with Crippen LogP contribution in [0.4, 0.5) is 0 Å². The summed E-state index contributed by atoms with van der Waals surface area (Å²) in [6.45, 7) is 8.61. The first-order chi connectivity index (χ1) is 7.60. The SMILES string of the molecule is CCOC(C)c1noc([C@@H](N)C(C)CC)n1. The summed E-state index contributed by atoms with van der Waals surface area (Å²) in [6, 6.07) is -0.194. The highest BCUT2D eigenvalue weighted by Gasteiger charge is 2.21. The van der Waals surface area contributed by atoms with Crippen molar-refractivity contribution in [3.05, 3.63) is 11.7 Å². The first kappa shape index (κ1) is 13.1. The Bertz CT molecular complexity index is 314. The van der Waals surface area contributed by atoms with Crippen molar-refractivity contribution in [2.24, 2.45) is 11.7 Å². The molecule has 0 aliphatic heterocycles. The quantitative estimate of drug-likeness (QED) is 0.806. The highest BCUT2D eigenvalue weighted by Crippen LogP contribution is 2.22. The Morgan fingerprint density at radius 1 is 1.38 bits per heavy atom. The summed E-state index contributed by atoms with van der Waals surface area (Å²) < 4.78 is 10.5. The van der Waals surface area contributed by atoms with E-state index in [0.717, 1.165) is 6.42 Å². The summed E-state index contributed by atoms with van der Waals surface area (Å²) in [6.07, 6.45) is 0.839. The molecule has 1 aromatic rings. The van der Waals surface area contributed by atoms with Crippen LogP contribution in [0.1, 0.15) is 58.0 Å². The van der Waals surface area contributed by atoms with E-state index >= 15 is 0 Å². The number of nitrogens with zero attached hydrogens (tertiary/aromatic N) is 2. The fourth-order valence-electron chi connectivity index (χ4n) is 1.37. The van der Waals surface area contributed by atoms with Crippen LogP contribution < -0.4 is 5.73 Å². The Kier molecular flexibility index (Phi) is 4.89. The minimum atomic E-state index is -0.194. The van der Waals surface area contributed by atoms with Crippen molar-refractivity contribution in [1.29, 1.82) is 0 Å². The highest BCUT2D eigenvalue weighted by atomic mass is 16.5. The van der Waals surface area contributed by atoms with Gasteiger partial charge in [0.2, 0.25) is 5.89 Å². The molecule has 5 heteroatoms. The number of aromatic nitrogens is 2. The summed E-state index contributed by atoms with van der Waals surface area (Å²) in [5.74, 6) is 1.39. The van der Waals surface area contributed by atoms with Crippen molar-refractivity contribution in [2.75, 3.05) is 6.61 Å². The van der Waals surface area contributed by atoms with Crippen LogP contribution in [0.5, 0.6) is 0 Å². The maximum atomic E-state index is 6.00. The smallest absolute Gasteiger partial charge is 0.243 e. The number of hydrogen-bond acceptors (Lipinski definition) is 5. The minimum absolute atomic E-state index is 0.147. The lowest BCUT2D eigenvalue weighted by molar-refractivity contribution is 0.0683. The van der Waals surface area contributed by atoms with Crippen LogP contribution in [0.15, 0.2) is 4.52 Å². The predicted molar refractivity (Wildman–Crippen MR) is 60.7 cm³/mol. The molecule has 16 heavy (non-hydrogen) atoms. The molecule has 0 aliphatic carbocycles. The summed E-state index contributed by atoms with van der Waals surface area (Å²) in [5.41, 5.74) is 6.00. The summed E-state index contributed by atoms with van der Waals surface area (Å²) in [5, 5.41) is 3.88. The molecule has 1 heterocycles. The molecule has 0 saturated heterocycles. The molecule has 2 N–H and O–H groups in total. The second-order valence-corrected chi connectivity index (χ2v) is 4.00. The number of hydrogen-bond donors (Lipinski definition) is 1. The molecule has 92 valence electrons. The zero-order valence-electron chi connectivity index (χ0n) is 10.4. The molecule has 0 bridgehead atoms. The topological polar surface area (TPSA) is 74.2 Å². The van der Waals surface area contributed by atoms with E-state index in [9.17, 15) is 0 Å². The highest BCUT2D eigenvalue weighted by molar-refractivity contribution is 4.95. The van der Waals surface area contributed by atoms with E-state index in [2.05, 4.69) is 24.0 Å². The fourth-order valence-corrected chi connectivity index (χ4v) is 1.37. The number of nitrogens with two attached hydrogens (primary N) is 1. The van der Waals surface area contributed by atoms with Crippen LogP contribution in [0.3, 0.4) is 0 Å². The standard InChI is InChI=1S/C11H21N3O2/c1-5-7(3)9(12)11-13-10(14-16-11)8(4)15-6-2/h7-9H,5-6,12H2,1-4H3/t7?,8?,9-/m0/s1. The van der Waals surface area contributed by atoms with E-state index in [-0.39, 0.29) is 12.1 Å². The first-order valence-electron chi connectivity index (χ1n) is 5.80. The molecular weight excluding hydrogens is 206 g/mol. The van der Waals surface area contributed by atoms with Crippen molar-refractivity contribution in [3.8, 4) is 0 Å². The van der Waals surface area contributed by atoms with Gasteiger partial charge < -0.3 is 15.0 Å². The van der Waals surface area contributed by atoms with Crippen molar-refractivity contribution in [2.45, 2.75) is 46.3 Å². The zero-order chi connectivity index (χ0) is 12.1. The van der Waals surface area contributed by atoms with Crippen LogP contribution in [0, 0.1) is 5.92 Å². The number of rotatable bonds is 6. The van der Waals surface area contributed by atoms with Gasteiger partial charge in [-0.25, -0.2) is 0 Å². The largest absolute Gasteiger partial charge is 0.371 e. The van der Waals surface area contributed by atoms with Crippen molar-refractivity contribution in [1.82, 2.24) is 10.1 Å². The molecule has 0 spiro atoms. The van der Waals surface area contributed by atoms with Crippen LogP contribution >= 0.6 is 0 Å². The van der Waals surface area contributed by atoms with E-state index < -0.39 is 0 Å². The molecule has 0 aliphatic rings. The van der Waals surface area contributed by atoms with Crippen LogP contribution in [0.2, 0.25) is 0 Å². The molecule has 0 radical (unpaired) electrons. The van der Waals surface area contributed by atoms with E-state index in [1.54, 1.807) is 0 Å². The molecule has 1 aromatic heterocycles. The number of ether oxygens (including phenoxy) is 1. The van der Waals surface area contributed by atoms with Gasteiger partial charge in [-0.1, -0.05) is 25.4 Å². The monoisotopic (exact) mass is 227 g/mol. The third-order valence-corrected chi connectivity index (χ3v) is 2.78. The van der Waals surface area contributed by atoms with E-state index in [1.165, 1.54) is 0 Å². The van der Waals surface area contributed by atoms with Gasteiger partial charge >= 0.3 is 0 Å². The molecule has 2 unspecified atom stereocenters. The molecule has 1 rings (SSSR count). The van der Waals surface area contributed by atoms with E-state index in [0.29, 0.717) is 24.2 Å². The summed E-state index contributed by atoms with van der Waals surface area (Å²) in [4.78, 5) is 4.27. The summed E-state index contributed by atoms with van der Waals surface area (Å²) in [7, 11) is 0. The first-order valence-corrected chi connectivity index (χ1v) is 5.80. The lowest BCUT2D eigenvalue weighted by Crippen LogP contribution is -2.19. The van der Waals surface area contributed by atoms with Gasteiger partial charge in [-0.15, -0.1) is 0 Å². The molecule has 3 atom stereocenters. The predicted octanol–water partition coefficient (Wildman–Crippen LogP) is 2.21. The van der Waals surface area contributed by atoms with Gasteiger partial charge in [0.1, 0.15) is 6.10 Å². The maximum absolute atomic E-state index is 6.00.